The number of rotatable bonds is 25. The zero-order chi connectivity index (χ0) is 106. The normalized spacial score (nSPS) is 17.1. The molecule has 6 aliphatic rings. The van der Waals surface area contributed by atoms with Crippen molar-refractivity contribution in [3.05, 3.63) is 211 Å². The van der Waals surface area contributed by atoms with E-state index in [2.05, 4.69) is 30.0 Å². The molecule has 150 heavy (non-hydrogen) atoms. The summed E-state index contributed by atoms with van der Waals surface area (Å²) in [4.78, 5) is 75.1. The number of ether oxygens (including phenoxy) is 5. The number of carbonyl (C=O) groups is 4. The van der Waals surface area contributed by atoms with Crippen LogP contribution >= 0.6 is 68.8 Å². The first-order valence-corrected chi connectivity index (χ1v) is 54.8. The maximum atomic E-state index is 14.3. The van der Waals surface area contributed by atoms with E-state index in [0.717, 1.165) is 194 Å². The molecule has 1 amide bonds. The highest BCUT2D eigenvalue weighted by molar-refractivity contribution is 7.23. The molecule has 0 spiro atoms. The van der Waals surface area contributed by atoms with E-state index in [4.69, 9.17) is 73.4 Å². The Labute approximate surface area is 893 Å². The molecule has 0 radical (unpaired) electrons. The van der Waals surface area contributed by atoms with Gasteiger partial charge in [0.1, 0.15) is 15.0 Å². The Hall–Kier alpha value is -11.1. The van der Waals surface area contributed by atoms with E-state index in [9.17, 15) is 55.7 Å². The van der Waals surface area contributed by atoms with Crippen molar-refractivity contribution in [2.45, 2.75) is 258 Å². The van der Waals surface area contributed by atoms with Gasteiger partial charge >= 0.3 is 43.6 Å². The second-order valence-electron chi connectivity index (χ2n) is 43.0. The first kappa shape index (κ1) is 107. The Morgan fingerprint density at radius 2 is 0.680 bits per heavy atom. The van der Waals surface area contributed by atoms with E-state index in [1.54, 1.807) is 60.4 Å². The number of nitrogens with zero attached hydrogens (tertiary/aromatic N) is 13. The van der Waals surface area contributed by atoms with Crippen LogP contribution < -0.4 is 0 Å². The fourth-order valence-electron chi connectivity index (χ4n) is 22.0. The number of hydrogen-bond donors (Lipinski definition) is 2. The molecule has 790 valence electrons. The molecule has 21 rings (SSSR count). The highest BCUT2D eigenvalue weighted by atomic mass is 35.5. The first-order chi connectivity index (χ1) is 71.5. The fourth-order valence-corrected chi connectivity index (χ4v) is 25.8. The molecule has 3 atom stereocenters. The van der Waals surface area contributed by atoms with Crippen molar-refractivity contribution in [2.75, 3.05) is 66.1 Å². The van der Waals surface area contributed by atoms with Gasteiger partial charge in [0.05, 0.1) is 94.8 Å². The summed E-state index contributed by atoms with van der Waals surface area (Å²) in [5.41, 5.74) is 14.6. The monoisotopic (exact) mass is 2160 g/mol. The third kappa shape index (κ3) is 22.4. The van der Waals surface area contributed by atoms with Crippen molar-refractivity contribution >= 4 is 156 Å². The average molecular weight is 2170 g/mol. The lowest BCUT2D eigenvalue weighted by Crippen LogP contribution is -2.62. The standard InChI is InChI=1S/C39H43ClF2N4O3S.C38H40ClF2N5O5S.C37H39ClF2N4O3S/c1-6-48-37(47)34(49-39(3,4)5)31-22(2)20-29-35(32(31)23-10-13-26(40)14-11-23)50-36(43-29)25-12-15-30-28(21-25)33(44-46(30)38(41)42)24-16-18-45(19-17-24)27-8-7-9-27;1-20-16-27-33(30(21-6-9-24(39)10-7-21)29(20)32(35(47)48)51-38(2,3)4)52-34(42-27)23-8-11-28-26(17-23)31(43-46(28)36(40)41)22-12-14-44(15-13-22)25-18-45(19-25)37(49)50-5;1-20-18-27-33(30(21-8-11-24(38)12-9-21)29(20)32(35(45)46)47-37(2,3)4)48-34(41-27)23-10-13-28-26(19-23)31(42-44(28)36(39)40)22-14-16-43(17-15-22)25-6-5-7-25/h10-15,20-21,24,27,34,38H,6-9,16-19H2,1-5H3;6-11,16-17,22,25,32,36H,12-15,18-19H2,1-5H3,(H,47,48);8-13,18-19,22,25,32,36H,5-7,14-17H2,1-4H3,(H,45,46)/t34-;2*32-/m000/s1. The molecular formula is C114H122Cl3F6N13O11S3. The van der Waals surface area contributed by atoms with Crippen LogP contribution in [0.15, 0.2) is 146 Å². The van der Waals surface area contributed by atoms with E-state index < -0.39 is 72.7 Å². The maximum absolute atomic E-state index is 14.3. The van der Waals surface area contributed by atoms with E-state index in [1.165, 1.54) is 79.6 Å². The van der Waals surface area contributed by atoms with E-state index >= 15 is 0 Å². The minimum atomic E-state index is -2.80. The molecule has 4 aliphatic heterocycles. The quantitative estimate of drug-likeness (QED) is 0.0398. The summed E-state index contributed by atoms with van der Waals surface area (Å²) in [5, 5.41) is 40.3. The second-order valence-corrected chi connectivity index (χ2v) is 47.3. The molecule has 4 saturated heterocycles. The molecule has 2 saturated carbocycles. The van der Waals surface area contributed by atoms with E-state index in [-0.39, 0.29) is 36.5 Å². The number of carbonyl (C=O) groups excluding carboxylic acids is 2. The number of carboxylic acid groups (broad SMARTS) is 2. The number of halogens is 9. The fraction of sp³-hybridized carbons (Fsp3) is 0.439. The number of benzene rings is 9. The molecule has 15 aromatic rings. The number of esters is 1. The molecule has 0 bridgehead atoms. The third-order valence-electron chi connectivity index (χ3n) is 29.6. The van der Waals surface area contributed by atoms with Crippen LogP contribution in [0.3, 0.4) is 0 Å². The summed E-state index contributed by atoms with van der Waals surface area (Å²) in [6, 6.07) is 45.9. The van der Waals surface area contributed by atoms with Crippen LogP contribution in [0.1, 0.15) is 252 Å². The molecule has 9 aromatic carbocycles. The number of hydrogen-bond acceptors (Lipinski definition) is 21. The number of aryl methyl sites for hydroxylation is 3. The highest BCUT2D eigenvalue weighted by Crippen LogP contribution is 2.53. The number of amides is 1. The van der Waals surface area contributed by atoms with Gasteiger partial charge in [0.15, 0.2) is 18.3 Å². The number of likely N-dealkylation sites (tertiary alicyclic amines) is 4. The van der Waals surface area contributed by atoms with Crippen LogP contribution in [-0.4, -0.2) is 199 Å². The Balaban J connectivity index is 0.000000141. The van der Waals surface area contributed by atoms with Crippen LogP contribution in [-0.2, 0) is 38.1 Å². The van der Waals surface area contributed by atoms with Crippen LogP contribution in [0.5, 0.6) is 0 Å². The van der Waals surface area contributed by atoms with Crippen molar-refractivity contribution in [1.29, 1.82) is 0 Å². The highest BCUT2D eigenvalue weighted by Gasteiger charge is 2.43. The molecule has 10 heterocycles. The summed E-state index contributed by atoms with van der Waals surface area (Å²) in [6.07, 6.45) is 8.92. The largest absolute Gasteiger partial charge is 0.479 e. The van der Waals surface area contributed by atoms with Crippen LogP contribution in [0.2, 0.25) is 15.1 Å². The molecule has 0 unspecified atom stereocenters. The summed E-state index contributed by atoms with van der Waals surface area (Å²) in [6.45, 7) is 22.8. The number of fused-ring (bicyclic) bond motifs is 6. The zero-order valence-corrected chi connectivity index (χ0v) is 90.9. The summed E-state index contributed by atoms with van der Waals surface area (Å²) in [5.74, 6) is -2.44. The van der Waals surface area contributed by atoms with Gasteiger partial charge in [-0.05, 0) is 336 Å². The Morgan fingerprint density at radius 3 is 0.940 bits per heavy atom. The summed E-state index contributed by atoms with van der Waals surface area (Å²) >= 11 is 23.2. The van der Waals surface area contributed by atoms with Crippen LogP contribution in [0.4, 0.5) is 31.1 Å². The topological polar surface area (TPSA) is 260 Å². The molecule has 36 heteroatoms. The molecule has 2 aliphatic carbocycles. The van der Waals surface area contributed by atoms with Gasteiger partial charge in [-0.25, -0.2) is 48.2 Å². The minimum Gasteiger partial charge on any atom is -0.479 e. The second kappa shape index (κ2) is 43.8. The Kier molecular flexibility index (Phi) is 31.4. The van der Waals surface area contributed by atoms with Crippen molar-refractivity contribution in [3.63, 3.8) is 0 Å². The molecular weight excluding hydrogens is 2040 g/mol. The number of carboxylic acids is 2. The van der Waals surface area contributed by atoms with Gasteiger partial charge in [-0.3, -0.25) is 4.90 Å². The number of aliphatic carboxylic acids is 2. The Bertz CT molecular complexity index is 7570. The van der Waals surface area contributed by atoms with Crippen molar-refractivity contribution in [3.8, 4) is 65.1 Å². The van der Waals surface area contributed by atoms with Gasteiger partial charge in [-0.2, -0.15) is 41.6 Å². The number of aromatic nitrogens is 9. The smallest absolute Gasteiger partial charge is 0.409 e. The molecule has 2 N–H and O–H groups in total. The number of alkyl halides is 6. The van der Waals surface area contributed by atoms with Gasteiger partial charge in [0, 0.05) is 130 Å². The van der Waals surface area contributed by atoms with Gasteiger partial charge in [0.2, 0.25) is 0 Å². The van der Waals surface area contributed by atoms with Gasteiger partial charge in [-0.1, -0.05) is 84.0 Å². The number of piperidine rings is 3. The van der Waals surface area contributed by atoms with Crippen LogP contribution in [0.25, 0.3) is 128 Å². The van der Waals surface area contributed by atoms with Crippen molar-refractivity contribution < 1.29 is 79.4 Å². The van der Waals surface area contributed by atoms with Crippen molar-refractivity contribution in [2.24, 2.45) is 0 Å². The van der Waals surface area contributed by atoms with Crippen LogP contribution in [0, 0.1) is 20.8 Å². The maximum Gasteiger partial charge on any atom is 0.409 e. The van der Waals surface area contributed by atoms with E-state index in [1.807, 2.05) is 180 Å². The van der Waals surface area contributed by atoms with E-state index in [0.29, 0.717) is 117 Å². The lowest BCUT2D eigenvalue weighted by molar-refractivity contribution is -0.166. The zero-order valence-electron chi connectivity index (χ0n) is 86.1. The van der Waals surface area contributed by atoms with Gasteiger partial charge in [0.25, 0.3) is 0 Å². The van der Waals surface area contributed by atoms with Gasteiger partial charge in [-0.15, -0.1) is 34.0 Å². The summed E-state index contributed by atoms with van der Waals surface area (Å²) in [7, 11) is 1.38. The van der Waals surface area contributed by atoms with Gasteiger partial charge < -0.3 is 48.6 Å². The lowest BCUT2D eigenvalue weighted by atomic mass is 9.86. The predicted molar refractivity (Wildman–Crippen MR) is 581 cm³/mol. The third-order valence-corrected chi connectivity index (χ3v) is 33.7. The van der Waals surface area contributed by atoms with Crippen molar-refractivity contribution in [1.82, 2.24) is 63.9 Å². The average Bonchev–Trinajstić information content (AvgIpc) is 1.57. The molecule has 6 aromatic heterocycles. The summed E-state index contributed by atoms with van der Waals surface area (Å²) < 4.78 is 120. The predicted octanol–water partition coefficient (Wildman–Crippen LogP) is 29.4. The number of methoxy groups -OCH3 is 1. The number of thiazole rings is 3. The molecule has 24 nitrogen and oxygen atoms in total. The first-order valence-electron chi connectivity index (χ1n) is 51.2. The SMILES string of the molecule is CCOC(=O)[C@@H](OC(C)(C)C)c1c(C)cc2nc(-c3ccc4c(c3)c(C3CCN(C5CCC5)CC3)nn4C(F)F)sc2c1-c1ccc(Cl)cc1.COC(=O)N1CC(N2CCC(c3nn(C(F)F)c4ccc(-c5nc6cc(C)c([C@H](OC(C)(C)C)C(=O)O)c(-c7ccc(Cl)cc7)c6s5)cc34)CC2)C1.Cc1cc2nc(-c3ccc4c(c3)c(C3CCN(C5CCC5)CC3)nn4C(F)F)sc2c(-c2ccc(Cl)cc2)c1[C@H](OC(C)(C)C)C(=O)O. The molecule has 6 fully saturated rings. The Morgan fingerprint density at radius 1 is 0.400 bits per heavy atom. The lowest BCUT2D eigenvalue weighted by Gasteiger charge is -2.46. The minimum absolute atomic E-state index is 0.0152.